The highest BCUT2D eigenvalue weighted by Gasteiger charge is 2.20. The second-order valence-corrected chi connectivity index (χ2v) is 7.50. The number of rotatable bonds is 6. The van der Waals surface area contributed by atoms with E-state index in [9.17, 15) is 18.0 Å². The predicted octanol–water partition coefficient (Wildman–Crippen LogP) is 2.41. The largest absolute Gasteiger partial charge is 0.478 e. The number of carbonyl (C=O) groups excluding carboxylic acids is 1. The van der Waals surface area contributed by atoms with E-state index in [1.165, 1.54) is 12.1 Å². The van der Waals surface area contributed by atoms with Crippen molar-refractivity contribution in [3.8, 4) is 0 Å². The topological polar surface area (TPSA) is 101 Å². The summed E-state index contributed by atoms with van der Waals surface area (Å²) in [6, 6.07) is 3.59. The van der Waals surface area contributed by atoms with Gasteiger partial charge < -0.3 is 10.4 Å². The second-order valence-electron chi connectivity index (χ2n) is 5.49. The molecule has 1 amide bonds. The van der Waals surface area contributed by atoms with Gasteiger partial charge in [0.25, 0.3) is 0 Å². The van der Waals surface area contributed by atoms with Crippen molar-refractivity contribution < 1.29 is 23.1 Å². The summed E-state index contributed by atoms with van der Waals surface area (Å²) in [5.74, 6) is -1.62. The van der Waals surface area contributed by atoms with Crippen molar-refractivity contribution in [1.29, 1.82) is 0 Å². The van der Waals surface area contributed by atoms with E-state index >= 15 is 0 Å². The fraction of sp³-hybridized carbons (Fsp3) is 0.467. The van der Waals surface area contributed by atoms with Crippen LogP contribution in [0.4, 0.5) is 5.69 Å². The third-order valence-electron chi connectivity index (χ3n) is 3.76. The molecule has 6 nitrogen and oxygen atoms in total. The number of carbonyl (C=O) groups is 2. The van der Waals surface area contributed by atoms with Gasteiger partial charge in [0.1, 0.15) is 0 Å². The minimum atomic E-state index is -3.57. The maximum atomic E-state index is 12.1. The van der Waals surface area contributed by atoms with Gasteiger partial charge in [-0.3, -0.25) is 4.79 Å². The summed E-state index contributed by atoms with van der Waals surface area (Å²) >= 11 is 0. The van der Waals surface area contributed by atoms with Gasteiger partial charge in [-0.25, -0.2) is 13.2 Å². The molecule has 7 heteroatoms. The van der Waals surface area contributed by atoms with Crippen molar-refractivity contribution >= 4 is 27.4 Å². The highest BCUT2D eigenvalue weighted by atomic mass is 32.2. The van der Waals surface area contributed by atoms with Crippen molar-refractivity contribution in [2.75, 3.05) is 11.6 Å². The van der Waals surface area contributed by atoms with Crippen molar-refractivity contribution in [3.05, 3.63) is 23.8 Å². The zero-order chi connectivity index (χ0) is 17.1. The number of sulfone groups is 1. The second kappa shape index (κ2) is 6.91. The Balaban J connectivity index is 3.17. The average Bonchev–Trinajstić information content (AvgIpc) is 2.44. The van der Waals surface area contributed by atoms with Crippen LogP contribution in [0.15, 0.2) is 23.1 Å². The summed E-state index contributed by atoms with van der Waals surface area (Å²) in [7, 11) is -3.57. The number of carboxylic acid groups (broad SMARTS) is 1. The molecule has 2 atom stereocenters. The Hall–Kier alpha value is -1.89. The summed E-state index contributed by atoms with van der Waals surface area (Å²) in [4.78, 5) is 23.1. The van der Waals surface area contributed by atoms with Gasteiger partial charge in [0.15, 0.2) is 9.84 Å². The van der Waals surface area contributed by atoms with Crippen LogP contribution in [0.5, 0.6) is 0 Å². The summed E-state index contributed by atoms with van der Waals surface area (Å²) in [5.41, 5.74) is -0.0186. The number of benzene rings is 1. The van der Waals surface area contributed by atoms with Crippen LogP contribution in [-0.2, 0) is 14.6 Å². The van der Waals surface area contributed by atoms with Crippen LogP contribution in [0.25, 0.3) is 0 Å². The number of amides is 1. The number of nitrogens with one attached hydrogen (secondary N) is 1. The van der Waals surface area contributed by atoms with Gasteiger partial charge in [-0.05, 0) is 24.1 Å². The third-order valence-corrected chi connectivity index (χ3v) is 4.85. The SMILES string of the molecule is CCC(C)C(C)C(=O)Nc1cc(C(=O)O)cc(S(C)(=O)=O)c1. The van der Waals surface area contributed by atoms with E-state index in [1.807, 2.05) is 13.8 Å². The molecule has 0 aliphatic heterocycles. The molecule has 1 rings (SSSR count). The van der Waals surface area contributed by atoms with Crippen LogP contribution in [-0.4, -0.2) is 31.7 Å². The summed E-state index contributed by atoms with van der Waals surface area (Å²) in [6.45, 7) is 5.70. The molecule has 0 aliphatic carbocycles. The Kier molecular flexibility index (Phi) is 5.71. The quantitative estimate of drug-likeness (QED) is 0.835. The predicted molar refractivity (Wildman–Crippen MR) is 83.8 cm³/mol. The molecule has 0 spiro atoms. The summed E-state index contributed by atoms with van der Waals surface area (Å²) in [5, 5.41) is 11.7. The Labute approximate surface area is 130 Å². The lowest BCUT2D eigenvalue weighted by Gasteiger charge is -2.18. The fourth-order valence-corrected chi connectivity index (χ4v) is 2.56. The van der Waals surface area contributed by atoms with E-state index in [4.69, 9.17) is 5.11 Å². The molecule has 2 N–H and O–H groups in total. The molecule has 0 aliphatic rings. The van der Waals surface area contributed by atoms with Crippen molar-refractivity contribution in [2.45, 2.75) is 32.1 Å². The lowest BCUT2D eigenvalue weighted by atomic mass is 9.93. The minimum Gasteiger partial charge on any atom is -0.478 e. The smallest absolute Gasteiger partial charge is 0.335 e. The zero-order valence-corrected chi connectivity index (χ0v) is 13.9. The molecule has 0 saturated carbocycles. The van der Waals surface area contributed by atoms with E-state index in [1.54, 1.807) is 6.92 Å². The highest BCUT2D eigenvalue weighted by Crippen LogP contribution is 2.22. The Morgan fingerprint density at radius 1 is 1.23 bits per heavy atom. The van der Waals surface area contributed by atoms with E-state index < -0.39 is 15.8 Å². The molecule has 22 heavy (non-hydrogen) atoms. The van der Waals surface area contributed by atoms with E-state index in [-0.39, 0.29) is 33.9 Å². The molecule has 0 fully saturated rings. The third kappa shape index (κ3) is 4.56. The highest BCUT2D eigenvalue weighted by molar-refractivity contribution is 7.90. The number of carboxylic acids is 1. The first kappa shape index (κ1) is 18.2. The van der Waals surface area contributed by atoms with Crippen LogP contribution in [0, 0.1) is 11.8 Å². The normalized spacial score (nSPS) is 14.2. The molecule has 0 bridgehead atoms. The number of hydrogen-bond donors (Lipinski definition) is 2. The summed E-state index contributed by atoms with van der Waals surface area (Å²) < 4.78 is 23.3. The average molecular weight is 327 g/mol. The molecule has 1 aromatic rings. The van der Waals surface area contributed by atoms with Gasteiger partial charge in [0.05, 0.1) is 10.5 Å². The van der Waals surface area contributed by atoms with Gasteiger partial charge in [0.2, 0.25) is 5.91 Å². The molecular weight excluding hydrogens is 306 g/mol. The number of hydrogen-bond acceptors (Lipinski definition) is 4. The molecule has 122 valence electrons. The fourth-order valence-electron chi connectivity index (χ4n) is 1.88. The van der Waals surface area contributed by atoms with Crippen LogP contribution in [0.2, 0.25) is 0 Å². The van der Waals surface area contributed by atoms with Crippen molar-refractivity contribution in [1.82, 2.24) is 0 Å². The first-order chi connectivity index (χ1) is 10.1. The maximum Gasteiger partial charge on any atom is 0.335 e. The van der Waals surface area contributed by atoms with Crippen molar-refractivity contribution in [3.63, 3.8) is 0 Å². The standard InChI is InChI=1S/C15H21NO5S/c1-5-9(2)10(3)14(17)16-12-6-11(15(18)19)7-13(8-12)22(4,20)21/h6-10H,5H2,1-4H3,(H,16,17)(H,18,19). The zero-order valence-electron chi connectivity index (χ0n) is 13.1. The lowest BCUT2D eigenvalue weighted by Crippen LogP contribution is -2.25. The molecule has 2 unspecified atom stereocenters. The van der Waals surface area contributed by atoms with Gasteiger partial charge in [-0.15, -0.1) is 0 Å². The van der Waals surface area contributed by atoms with Crippen LogP contribution in [0.3, 0.4) is 0 Å². The number of anilines is 1. The van der Waals surface area contributed by atoms with E-state index in [0.29, 0.717) is 0 Å². The first-order valence-electron chi connectivity index (χ1n) is 6.95. The Morgan fingerprint density at radius 3 is 2.27 bits per heavy atom. The number of aromatic carboxylic acids is 1. The van der Waals surface area contributed by atoms with Crippen molar-refractivity contribution in [2.24, 2.45) is 11.8 Å². The lowest BCUT2D eigenvalue weighted by molar-refractivity contribution is -0.120. The van der Waals surface area contributed by atoms with Crippen LogP contribution in [0.1, 0.15) is 37.6 Å². The monoisotopic (exact) mass is 327 g/mol. The molecule has 0 heterocycles. The van der Waals surface area contributed by atoms with Gasteiger partial charge >= 0.3 is 5.97 Å². The summed E-state index contributed by atoms with van der Waals surface area (Å²) in [6.07, 6.45) is 1.82. The Morgan fingerprint density at radius 2 is 1.82 bits per heavy atom. The van der Waals surface area contributed by atoms with Crippen LogP contribution < -0.4 is 5.32 Å². The minimum absolute atomic E-state index is 0.140. The van der Waals surface area contributed by atoms with E-state index in [0.717, 1.165) is 18.7 Å². The maximum absolute atomic E-state index is 12.1. The van der Waals surface area contributed by atoms with Gasteiger partial charge in [-0.2, -0.15) is 0 Å². The first-order valence-corrected chi connectivity index (χ1v) is 8.84. The molecular formula is C15H21NO5S. The molecule has 0 radical (unpaired) electrons. The molecule has 1 aromatic carbocycles. The van der Waals surface area contributed by atoms with Gasteiger partial charge in [0, 0.05) is 17.9 Å². The van der Waals surface area contributed by atoms with Gasteiger partial charge in [-0.1, -0.05) is 27.2 Å². The van der Waals surface area contributed by atoms with E-state index in [2.05, 4.69) is 5.32 Å². The Bertz CT molecular complexity index is 681. The molecule has 0 saturated heterocycles. The molecule has 0 aromatic heterocycles. The van der Waals surface area contributed by atoms with Crippen LogP contribution >= 0.6 is 0 Å².